The van der Waals surface area contributed by atoms with Crippen LogP contribution in [0.25, 0.3) is 0 Å². The SMILES string of the molecule is CC1=NSN(C)C=C1. The fourth-order valence-corrected chi connectivity index (χ4v) is 0.833. The zero-order chi connectivity index (χ0) is 5.98. The first-order valence-corrected chi connectivity index (χ1v) is 3.15. The summed E-state index contributed by atoms with van der Waals surface area (Å²) >= 11 is 1.46. The minimum Gasteiger partial charge on any atom is -0.307 e. The number of hydrogen-bond acceptors (Lipinski definition) is 3. The van der Waals surface area contributed by atoms with Crippen LogP contribution in [-0.2, 0) is 0 Å². The molecule has 0 aromatic rings. The van der Waals surface area contributed by atoms with Crippen molar-refractivity contribution < 1.29 is 0 Å². The van der Waals surface area contributed by atoms with E-state index >= 15 is 0 Å². The average Bonchev–Trinajstić information content (AvgIpc) is 1.77. The molecule has 0 bridgehead atoms. The van der Waals surface area contributed by atoms with Gasteiger partial charge in [0.05, 0.1) is 12.1 Å². The van der Waals surface area contributed by atoms with Crippen LogP contribution in [0.4, 0.5) is 0 Å². The Morgan fingerprint density at radius 1 is 1.75 bits per heavy atom. The van der Waals surface area contributed by atoms with E-state index in [0.717, 1.165) is 5.71 Å². The standard InChI is InChI=1S/C5H8N2S/c1-5-3-4-7(2)8-6-5/h3-4H,1-2H3. The lowest BCUT2D eigenvalue weighted by Gasteiger charge is -2.11. The molecule has 8 heavy (non-hydrogen) atoms. The Hall–Kier alpha value is -0.440. The van der Waals surface area contributed by atoms with Crippen LogP contribution < -0.4 is 0 Å². The van der Waals surface area contributed by atoms with Gasteiger partial charge in [0.2, 0.25) is 0 Å². The molecule has 0 aliphatic carbocycles. The van der Waals surface area contributed by atoms with Crippen molar-refractivity contribution in [1.82, 2.24) is 4.31 Å². The summed E-state index contributed by atoms with van der Waals surface area (Å²) < 4.78 is 6.03. The molecule has 0 atom stereocenters. The van der Waals surface area contributed by atoms with Crippen molar-refractivity contribution in [3.8, 4) is 0 Å². The highest BCUT2D eigenvalue weighted by molar-refractivity contribution is 7.96. The maximum Gasteiger partial charge on any atom is 0.0924 e. The molecule has 0 unspecified atom stereocenters. The van der Waals surface area contributed by atoms with Crippen LogP contribution in [0.2, 0.25) is 0 Å². The first-order chi connectivity index (χ1) is 3.79. The van der Waals surface area contributed by atoms with E-state index in [9.17, 15) is 0 Å². The fourth-order valence-electron chi connectivity index (χ4n) is 0.399. The van der Waals surface area contributed by atoms with Crippen molar-refractivity contribution in [2.45, 2.75) is 6.92 Å². The Bertz CT molecular complexity index is 139. The molecular weight excluding hydrogens is 120 g/mol. The van der Waals surface area contributed by atoms with Crippen LogP contribution in [0, 0.1) is 0 Å². The van der Waals surface area contributed by atoms with Gasteiger partial charge < -0.3 is 4.31 Å². The lowest BCUT2D eigenvalue weighted by atomic mass is 10.4. The largest absolute Gasteiger partial charge is 0.307 e. The Morgan fingerprint density at radius 2 is 2.50 bits per heavy atom. The van der Waals surface area contributed by atoms with Crippen molar-refractivity contribution in [2.75, 3.05) is 7.05 Å². The van der Waals surface area contributed by atoms with Crippen LogP contribution in [-0.4, -0.2) is 17.1 Å². The Balaban J connectivity index is 2.58. The van der Waals surface area contributed by atoms with E-state index in [1.54, 1.807) is 0 Å². The highest BCUT2D eigenvalue weighted by Gasteiger charge is 1.95. The van der Waals surface area contributed by atoms with Gasteiger partial charge >= 0.3 is 0 Å². The second-order valence-corrected chi connectivity index (χ2v) is 2.60. The van der Waals surface area contributed by atoms with Crippen molar-refractivity contribution >= 4 is 17.8 Å². The maximum absolute atomic E-state index is 4.08. The van der Waals surface area contributed by atoms with Crippen molar-refractivity contribution in [2.24, 2.45) is 4.40 Å². The van der Waals surface area contributed by atoms with E-state index in [1.807, 2.05) is 30.6 Å². The monoisotopic (exact) mass is 128 g/mol. The molecule has 0 fully saturated rings. The van der Waals surface area contributed by atoms with Crippen molar-refractivity contribution in [3.05, 3.63) is 12.3 Å². The van der Waals surface area contributed by atoms with Crippen LogP contribution in [0.1, 0.15) is 6.92 Å². The van der Waals surface area contributed by atoms with E-state index in [0.29, 0.717) is 0 Å². The summed E-state index contributed by atoms with van der Waals surface area (Å²) in [5.41, 5.74) is 1.08. The van der Waals surface area contributed by atoms with E-state index < -0.39 is 0 Å². The van der Waals surface area contributed by atoms with Gasteiger partial charge in [-0.25, -0.2) is 0 Å². The average molecular weight is 128 g/mol. The number of allylic oxidation sites excluding steroid dienone is 1. The molecule has 0 N–H and O–H groups in total. The highest BCUT2D eigenvalue weighted by atomic mass is 32.2. The predicted molar refractivity (Wildman–Crippen MR) is 37.6 cm³/mol. The first kappa shape index (κ1) is 5.69. The molecule has 1 aliphatic rings. The third-order valence-corrected chi connectivity index (χ3v) is 1.59. The van der Waals surface area contributed by atoms with Gasteiger partial charge in [0.25, 0.3) is 0 Å². The molecule has 2 nitrogen and oxygen atoms in total. The number of nitrogens with zero attached hydrogens (tertiary/aromatic N) is 2. The maximum atomic E-state index is 4.08. The molecule has 0 radical (unpaired) electrons. The minimum absolute atomic E-state index is 1.08. The molecule has 0 aromatic carbocycles. The summed E-state index contributed by atoms with van der Waals surface area (Å²) in [5.74, 6) is 0. The molecular formula is C5H8N2S. The fraction of sp³-hybridized carbons (Fsp3) is 0.400. The molecule has 1 rings (SSSR count). The quantitative estimate of drug-likeness (QED) is 0.459. The third-order valence-electron chi connectivity index (χ3n) is 0.839. The highest BCUT2D eigenvalue weighted by Crippen LogP contribution is 2.13. The van der Waals surface area contributed by atoms with E-state index in [-0.39, 0.29) is 0 Å². The summed E-state index contributed by atoms with van der Waals surface area (Å²) in [4.78, 5) is 0. The zero-order valence-corrected chi connectivity index (χ0v) is 5.77. The van der Waals surface area contributed by atoms with Crippen LogP contribution in [0.15, 0.2) is 16.7 Å². The van der Waals surface area contributed by atoms with Gasteiger partial charge in [-0.2, -0.15) is 4.40 Å². The smallest absolute Gasteiger partial charge is 0.0924 e. The molecule has 3 heteroatoms. The Morgan fingerprint density at radius 3 is 2.88 bits per heavy atom. The van der Waals surface area contributed by atoms with Crippen molar-refractivity contribution in [1.29, 1.82) is 0 Å². The molecule has 0 spiro atoms. The van der Waals surface area contributed by atoms with Gasteiger partial charge in [-0.15, -0.1) is 0 Å². The van der Waals surface area contributed by atoms with Gasteiger partial charge in [0.15, 0.2) is 0 Å². The summed E-state index contributed by atoms with van der Waals surface area (Å²) in [6, 6.07) is 0. The van der Waals surface area contributed by atoms with E-state index in [2.05, 4.69) is 4.40 Å². The van der Waals surface area contributed by atoms with E-state index in [1.165, 1.54) is 12.1 Å². The Kier molecular flexibility index (Phi) is 1.58. The molecule has 1 aliphatic heterocycles. The topological polar surface area (TPSA) is 15.6 Å². The second-order valence-electron chi connectivity index (χ2n) is 1.68. The summed E-state index contributed by atoms with van der Waals surface area (Å²) in [5, 5.41) is 0. The number of rotatable bonds is 0. The third kappa shape index (κ3) is 1.26. The Labute approximate surface area is 53.6 Å². The van der Waals surface area contributed by atoms with Crippen LogP contribution >= 0.6 is 12.1 Å². The normalized spacial score (nSPS) is 18.8. The minimum atomic E-state index is 1.08. The van der Waals surface area contributed by atoms with Crippen molar-refractivity contribution in [3.63, 3.8) is 0 Å². The van der Waals surface area contributed by atoms with Gasteiger partial charge in [-0.1, -0.05) is 0 Å². The summed E-state index contributed by atoms with van der Waals surface area (Å²) in [6.07, 6.45) is 3.98. The lowest BCUT2D eigenvalue weighted by molar-refractivity contribution is 0.773. The van der Waals surface area contributed by atoms with Crippen LogP contribution in [0.5, 0.6) is 0 Å². The summed E-state index contributed by atoms with van der Waals surface area (Å²) in [7, 11) is 1.97. The van der Waals surface area contributed by atoms with Gasteiger partial charge in [0.1, 0.15) is 0 Å². The van der Waals surface area contributed by atoms with Crippen LogP contribution in [0.3, 0.4) is 0 Å². The van der Waals surface area contributed by atoms with Gasteiger partial charge in [-0.3, -0.25) is 0 Å². The molecule has 1 heterocycles. The molecule has 44 valence electrons. The lowest BCUT2D eigenvalue weighted by Crippen LogP contribution is -2.02. The molecule has 0 saturated carbocycles. The zero-order valence-electron chi connectivity index (χ0n) is 4.96. The number of hydrogen-bond donors (Lipinski definition) is 0. The van der Waals surface area contributed by atoms with Gasteiger partial charge in [0, 0.05) is 19.0 Å². The van der Waals surface area contributed by atoms with E-state index in [4.69, 9.17) is 0 Å². The first-order valence-electron chi connectivity index (χ1n) is 2.42. The molecule has 0 saturated heterocycles. The summed E-state index contributed by atoms with van der Waals surface area (Å²) in [6.45, 7) is 1.98. The molecule has 0 amide bonds. The second kappa shape index (κ2) is 2.22. The molecule has 0 aromatic heterocycles. The van der Waals surface area contributed by atoms with Gasteiger partial charge in [-0.05, 0) is 13.0 Å². The predicted octanol–water partition coefficient (Wildman–Crippen LogP) is 1.47.